The molecule has 0 aliphatic carbocycles. The van der Waals surface area contributed by atoms with Crippen LogP contribution in [0.4, 0.5) is 5.82 Å². The summed E-state index contributed by atoms with van der Waals surface area (Å²) in [7, 11) is 0. The highest BCUT2D eigenvalue weighted by molar-refractivity contribution is 5.51. The molecule has 0 saturated carbocycles. The largest absolute Gasteiger partial charge is 0.370 e. The molecule has 0 radical (unpaired) electrons. The van der Waals surface area contributed by atoms with E-state index in [4.69, 9.17) is 0 Å². The molecular formula is C15H20N6. The van der Waals surface area contributed by atoms with Crippen LogP contribution in [0.15, 0.2) is 24.7 Å². The zero-order valence-corrected chi connectivity index (χ0v) is 12.2. The summed E-state index contributed by atoms with van der Waals surface area (Å²) < 4.78 is 0. The van der Waals surface area contributed by atoms with E-state index < -0.39 is 0 Å². The van der Waals surface area contributed by atoms with E-state index in [0.29, 0.717) is 17.4 Å². The van der Waals surface area contributed by atoms with Crippen LogP contribution < -0.4 is 10.6 Å². The number of aromatic nitrogens is 4. The number of rotatable bonds is 4. The molecule has 2 aromatic rings. The molecule has 1 fully saturated rings. The van der Waals surface area contributed by atoms with Crippen molar-refractivity contribution in [2.24, 2.45) is 5.92 Å². The van der Waals surface area contributed by atoms with E-state index in [1.165, 1.54) is 12.8 Å². The lowest BCUT2D eigenvalue weighted by Crippen LogP contribution is -2.31. The van der Waals surface area contributed by atoms with E-state index in [2.05, 4.69) is 30.6 Å². The van der Waals surface area contributed by atoms with E-state index in [9.17, 15) is 0 Å². The van der Waals surface area contributed by atoms with Gasteiger partial charge in [-0.15, -0.1) is 0 Å². The van der Waals surface area contributed by atoms with Gasteiger partial charge in [0.1, 0.15) is 11.5 Å². The van der Waals surface area contributed by atoms with Crippen molar-refractivity contribution in [1.82, 2.24) is 25.3 Å². The predicted octanol–water partition coefficient (Wildman–Crippen LogP) is 1.65. The van der Waals surface area contributed by atoms with Gasteiger partial charge in [-0.05, 0) is 38.8 Å². The van der Waals surface area contributed by atoms with Crippen molar-refractivity contribution >= 4 is 5.82 Å². The highest BCUT2D eigenvalue weighted by Crippen LogP contribution is 2.16. The van der Waals surface area contributed by atoms with Crippen LogP contribution >= 0.6 is 0 Å². The van der Waals surface area contributed by atoms with E-state index in [1.54, 1.807) is 18.6 Å². The van der Waals surface area contributed by atoms with Gasteiger partial charge in [-0.25, -0.2) is 15.0 Å². The molecule has 6 heteroatoms. The highest BCUT2D eigenvalue weighted by atomic mass is 15.0. The predicted molar refractivity (Wildman–Crippen MR) is 81.9 cm³/mol. The van der Waals surface area contributed by atoms with Gasteiger partial charge in [-0.3, -0.25) is 4.98 Å². The van der Waals surface area contributed by atoms with Crippen LogP contribution in [0.3, 0.4) is 0 Å². The van der Waals surface area contributed by atoms with Gasteiger partial charge < -0.3 is 10.6 Å². The quantitative estimate of drug-likeness (QED) is 0.889. The van der Waals surface area contributed by atoms with Crippen molar-refractivity contribution in [1.29, 1.82) is 0 Å². The standard InChI is InChI=1S/C15H20N6/c1-11-8-14(19-9-12-2-4-16-5-3-12)21-15(20-11)13-10-17-6-7-18-13/h6-8,10,12,16H,2-5,9H2,1H3,(H,19,20,21). The topological polar surface area (TPSA) is 75.6 Å². The van der Waals surface area contributed by atoms with Crippen LogP contribution in [0.1, 0.15) is 18.5 Å². The molecule has 1 aliphatic rings. The molecule has 1 aliphatic heterocycles. The molecule has 6 nitrogen and oxygen atoms in total. The maximum atomic E-state index is 4.55. The number of piperidine rings is 1. The molecule has 2 aromatic heterocycles. The molecule has 0 spiro atoms. The molecule has 2 N–H and O–H groups in total. The Bertz CT molecular complexity index is 580. The molecule has 0 aromatic carbocycles. The minimum Gasteiger partial charge on any atom is -0.370 e. The summed E-state index contributed by atoms with van der Waals surface area (Å²) in [6.07, 6.45) is 7.42. The summed E-state index contributed by atoms with van der Waals surface area (Å²) in [5.41, 5.74) is 1.63. The Kier molecular flexibility index (Phi) is 4.35. The highest BCUT2D eigenvalue weighted by Gasteiger charge is 2.13. The van der Waals surface area contributed by atoms with Crippen molar-refractivity contribution in [3.8, 4) is 11.5 Å². The van der Waals surface area contributed by atoms with Gasteiger partial charge in [0.15, 0.2) is 5.82 Å². The van der Waals surface area contributed by atoms with Gasteiger partial charge in [0.25, 0.3) is 0 Å². The SMILES string of the molecule is Cc1cc(NCC2CCNCC2)nc(-c2cnccn2)n1. The molecule has 21 heavy (non-hydrogen) atoms. The van der Waals surface area contributed by atoms with Crippen LogP contribution in [-0.4, -0.2) is 39.6 Å². The van der Waals surface area contributed by atoms with Crippen LogP contribution in [0, 0.1) is 12.8 Å². The summed E-state index contributed by atoms with van der Waals surface area (Å²) in [6.45, 7) is 5.15. The maximum absolute atomic E-state index is 4.55. The molecule has 0 amide bonds. The molecule has 3 rings (SSSR count). The fourth-order valence-corrected chi connectivity index (χ4v) is 2.52. The van der Waals surface area contributed by atoms with Gasteiger partial charge >= 0.3 is 0 Å². The van der Waals surface area contributed by atoms with Crippen molar-refractivity contribution in [3.63, 3.8) is 0 Å². The van der Waals surface area contributed by atoms with Crippen molar-refractivity contribution in [3.05, 3.63) is 30.4 Å². The Hall–Kier alpha value is -2.08. The Morgan fingerprint density at radius 2 is 2.10 bits per heavy atom. The minimum absolute atomic E-state index is 0.621. The van der Waals surface area contributed by atoms with Gasteiger partial charge in [0.2, 0.25) is 0 Å². The lowest BCUT2D eigenvalue weighted by Gasteiger charge is -2.23. The second-order valence-electron chi connectivity index (χ2n) is 5.38. The Labute approximate surface area is 124 Å². The van der Waals surface area contributed by atoms with E-state index in [1.807, 2.05) is 13.0 Å². The Balaban J connectivity index is 1.72. The lowest BCUT2D eigenvalue weighted by atomic mass is 9.98. The molecule has 110 valence electrons. The zero-order valence-electron chi connectivity index (χ0n) is 12.2. The third-order valence-electron chi connectivity index (χ3n) is 3.68. The average Bonchev–Trinajstić information content (AvgIpc) is 2.54. The number of aryl methyl sites for hydroxylation is 1. The molecular weight excluding hydrogens is 264 g/mol. The van der Waals surface area contributed by atoms with Crippen molar-refractivity contribution < 1.29 is 0 Å². The van der Waals surface area contributed by atoms with Crippen LogP contribution in [0.2, 0.25) is 0 Å². The number of hydrogen-bond acceptors (Lipinski definition) is 6. The molecule has 0 bridgehead atoms. The first kappa shape index (κ1) is 13.9. The number of hydrogen-bond donors (Lipinski definition) is 2. The minimum atomic E-state index is 0.621. The fourth-order valence-electron chi connectivity index (χ4n) is 2.52. The molecule has 0 unspecified atom stereocenters. The van der Waals surface area contributed by atoms with Gasteiger partial charge in [-0.1, -0.05) is 0 Å². The van der Waals surface area contributed by atoms with Crippen molar-refractivity contribution in [2.75, 3.05) is 25.0 Å². The second-order valence-corrected chi connectivity index (χ2v) is 5.38. The fraction of sp³-hybridized carbons (Fsp3) is 0.467. The second kappa shape index (κ2) is 6.58. The third kappa shape index (κ3) is 3.72. The summed E-state index contributed by atoms with van der Waals surface area (Å²) in [5, 5.41) is 6.82. The van der Waals surface area contributed by atoms with Crippen molar-refractivity contribution in [2.45, 2.75) is 19.8 Å². The van der Waals surface area contributed by atoms with Crippen LogP contribution in [0.25, 0.3) is 11.5 Å². The van der Waals surface area contributed by atoms with E-state index >= 15 is 0 Å². The summed E-state index contributed by atoms with van der Waals surface area (Å²) in [5.74, 6) is 2.19. The lowest BCUT2D eigenvalue weighted by molar-refractivity contribution is 0.389. The van der Waals surface area contributed by atoms with Crippen LogP contribution in [0.5, 0.6) is 0 Å². The molecule has 1 saturated heterocycles. The first-order valence-electron chi connectivity index (χ1n) is 7.38. The summed E-state index contributed by atoms with van der Waals surface area (Å²) >= 11 is 0. The normalized spacial score (nSPS) is 15.9. The first-order chi connectivity index (χ1) is 10.3. The van der Waals surface area contributed by atoms with Gasteiger partial charge in [-0.2, -0.15) is 0 Å². The van der Waals surface area contributed by atoms with Crippen LogP contribution in [-0.2, 0) is 0 Å². The van der Waals surface area contributed by atoms with Gasteiger partial charge in [0.05, 0.1) is 6.20 Å². The number of anilines is 1. The smallest absolute Gasteiger partial charge is 0.182 e. The third-order valence-corrected chi connectivity index (χ3v) is 3.68. The Morgan fingerprint density at radius 3 is 2.86 bits per heavy atom. The monoisotopic (exact) mass is 284 g/mol. The number of nitrogens with one attached hydrogen (secondary N) is 2. The molecule has 3 heterocycles. The summed E-state index contributed by atoms with van der Waals surface area (Å²) in [4.78, 5) is 17.3. The summed E-state index contributed by atoms with van der Waals surface area (Å²) in [6, 6.07) is 1.97. The first-order valence-corrected chi connectivity index (χ1v) is 7.38. The average molecular weight is 284 g/mol. The zero-order chi connectivity index (χ0) is 14.5. The van der Waals surface area contributed by atoms with E-state index in [0.717, 1.165) is 31.1 Å². The molecule has 0 atom stereocenters. The van der Waals surface area contributed by atoms with Gasteiger partial charge in [0, 0.05) is 30.7 Å². The maximum Gasteiger partial charge on any atom is 0.182 e. The Morgan fingerprint density at radius 1 is 1.24 bits per heavy atom. The van der Waals surface area contributed by atoms with E-state index in [-0.39, 0.29) is 0 Å². The number of nitrogens with zero attached hydrogens (tertiary/aromatic N) is 4.